The molecule has 5 aromatic rings. The molecule has 1 N–H and O–H groups in total. The minimum atomic E-state index is 0.0466. The van der Waals surface area contributed by atoms with E-state index in [1.54, 1.807) is 0 Å². The molecule has 0 radical (unpaired) electrons. The molecule has 1 unspecified atom stereocenters. The lowest BCUT2D eigenvalue weighted by Gasteiger charge is -2.12. The van der Waals surface area contributed by atoms with Crippen molar-refractivity contribution in [2.45, 2.75) is 58.4 Å². The SMILES string of the molecule is CCC(C)c1ccc(OCCCn2c(CCCNC(=O)Cc3ccc(-c4ccccc4)cc3)nc3ccccc32)cc1. The van der Waals surface area contributed by atoms with E-state index in [0.717, 1.165) is 66.0 Å². The van der Waals surface area contributed by atoms with Gasteiger partial charge in [0.1, 0.15) is 11.6 Å². The summed E-state index contributed by atoms with van der Waals surface area (Å²) < 4.78 is 8.35. The Morgan fingerprint density at radius 3 is 2.33 bits per heavy atom. The number of benzene rings is 4. The van der Waals surface area contributed by atoms with Gasteiger partial charge in [-0.25, -0.2) is 4.98 Å². The molecule has 5 rings (SSSR count). The molecule has 1 aromatic heterocycles. The molecule has 0 aliphatic carbocycles. The maximum Gasteiger partial charge on any atom is 0.224 e. The van der Waals surface area contributed by atoms with E-state index in [2.05, 4.69) is 90.5 Å². The molecular weight excluding hydrogens is 518 g/mol. The lowest BCUT2D eigenvalue weighted by atomic mass is 9.99. The van der Waals surface area contributed by atoms with Gasteiger partial charge in [0.2, 0.25) is 5.91 Å². The number of aryl methyl sites for hydroxylation is 2. The molecule has 4 aromatic carbocycles. The molecule has 0 spiro atoms. The van der Waals surface area contributed by atoms with Gasteiger partial charge in [0, 0.05) is 19.5 Å². The Labute approximate surface area is 249 Å². The number of imidazole rings is 1. The average molecular weight is 560 g/mol. The van der Waals surface area contributed by atoms with E-state index < -0.39 is 0 Å². The van der Waals surface area contributed by atoms with E-state index in [1.807, 2.05) is 36.4 Å². The first kappa shape index (κ1) is 29.1. The van der Waals surface area contributed by atoms with Crippen LogP contribution < -0.4 is 10.1 Å². The number of rotatable bonds is 14. The van der Waals surface area contributed by atoms with Crippen LogP contribution in [0.1, 0.15) is 56.0 Å². The Bertz CT molecular complexity index is 1560. The predicted octanol–water partition coefficient (Wildman–Crippen LogP) is 7.98. The molecule has 5 heteroatoms. The smallest absolute Gasteiger partial charge is 0.224 e. The highest BCUT2D eigenvalue weighted by Crippen LogP contribution is 2.23. The molecular formula is C37H41N3O2. The highest BCUT2D eigenvalue weighted by atomic mass is 16.5. The number of amides is 1. The van der Waals surface area contributed by atoms with Crippen molar-refractivity contribution in [2.24, 2.45) is 0 Å². The standard InChI is InChI=1S/C37H41N3O2/c1-3-28(2)30-20-22-33(23-21-30)42-26-10-25-40-35-14-8-7-13-34(35)39-36(40)15-9-24-38-37(41)27-29-16-18-32(19-17-29)31-11-5-4-6-12-31/h4-8,11-14,16-23,28H,3,9-10,15,24-27H2,1-2H3,(H,38,41). The average Bonchev–Trinajstić information content (AvgIpc) is 3.39. The molecule has 0 saturated heterocycles. The van der Waals surface area contributed by atoms with Gasteiger partial charge in [-0.05, 0) is 71.7 Å². The van der Waals surface area contributed by atoms with Crippen molar-refractivity contribution in [3.8, 4) is 16.9 Å². The summed E-state index contributed by atoms with van der Waals surface area (Å²) in [7, 11) is 0. The third kappa shape index (κ3) is 7.67. The van der Waals surface area contributed by atoms with E-state index in [4.69, 9.17) is 9.72 Å². The zero-order valence-corrected chi connectivity index (χ0v) is 24.8. The number of nitrogens with zero attached hydrogens (tertiary/aromatic N) is 2. The van der Waals surface area contributed by atoms with Gasteiger partial charge in [0.05, 0.1) is 24.1 Å². The van der Waals surface area contributed by atoms with E-state index in [9.17, 15) is 4.79 Å². The fourth-order valence-corrected chi connectivity index (χ4v) is 5.27. The normalized spacial score (nSPS) is 11.9. The number of carbonyl (C=O) groups is 1. The molecule has 0 bridgehead atoms. The summed E-state index contributed by atoms with van der Waals surface area (Å²) in [4.78, 5) is 17.5. The van der Waals surface area contributed by atoms with Crippen molar-refractivity contribution >= 4 is 16.9 Å². The monoisotopic (exact) mass is 559 g/mol. The highest BCUT2D eigenvalue weighted by Gasteiger charge is 2.11. The number of nitrogens with one attached hydrogen (secondary N) is 1. The maximum atomic E-state index is 12.6. The van der Waals surface area contributed by atoms with E-state index in [0.29, 0.717) is 25.5 Å². The van der Waals surface area contributed by atoms with Crippen molar-refractivity contribution in [2.75, 3.05) is 13.2 Å². The van der Waals surface area contributed by atoms with Crippen LogP contribution in [-0.4, -0.2) is 28.6 Å². The Morgan fingerprint density at radius 2 is 1.57 bits per heavy atom. The molecule has 5 nitrogen and oxygen atoms in total. The van der Waals surface area contributed by atoms with Crippen LogP contribution in [-0.2, 0) is 24.2 Å². The second-order valence-corrected chi connectivity index (χ2v) is 10.9. The van der Waals surface area contributed by atoms with Gasteiger partial charge in [-0.1, -0.05) is 92.7 Å². The molecule has 0 aliphatic rings. The maximum absolute atomic E-state index is 12.6. The minimum absolute atomic E-state index is 0.0466. The summed E-state index contributed by atoms with van der Waals surface area (Å²) >= 11 is 0. The zero-order valence-electron chi connectivity index (χ0n) is 24.8. The summed E-state index contributed by atoms with van der Waals surface area (Å²) in [5.74, 6) is 2.59. The Hall–Kier alpha value is -4.38. The fraction of sp³-hybridized carbons (Fsp3) is 0.297. The van der Waals surface area contributed by atoms with Gasteiger partial charge >= 0.3 is 0 Å². The first-order valence-corrected chi connectivity index (χ1v) is 15.2. The number of ether oxygens (including phenoxy) is 1. The van der Waals surface area contributed by atoms with Gasteiger partial charge in [0.15, 0.2) is 0 Å². The van der Waals surface area contributed by atoms with Crippen LogP contribution in [0.4, 0.5) is 0 Å². The number of para-hydroxylation sites is 2. The van der Waals surface area contributed by atoms with Gasteiger partial charge in [0.25, 0.3) is 0 Å². The summed E-state index contributed by atoms with van der Waals surface area (Å²) in [6.07, 6.45) is 4.05. The van der Waals surface area contributed by atoms with Crippen molar-refractivity contribution in [1.82, 2.24) is 14.9 Å². The van der Waals surface area contributed by atoms with Crippen molar-refractivity contribution in [1.29, 1.82) is 0 Å². The molecule has 42 heavy (non-hydrogen) atoms. The number of aromatic nitrogens is 2. The number of carbonyl (C=O) groups excluding carboxylic acids is 1. The lowest BCUT2D eigenvalue weighted by Crippen LogP contribution is -2.26. The zero-order chi connectivity index (χ0) is 29.1. The van der Waals surface area contributed by atoms with Crippen LogP contribution in [0.5, 0.6) is 5.75 Å². The van der Waals surface area contributed by atoms with Crippen molar-refractivity contribution < 1.29 is 9.53 Å². The molecule has 1 amide bonds. The van der Waals surface area contributed by atoms with Crippen LogP contribution in [0, 0.1) is 0 Å². The number of fused-ring (bicyclic) bond motifs is 1. The van der Waals surface area contributed by atoms with Crippen LogP contribution in [0.2, 0.25) is 0 Å². The molecule has 0 fully saturated rings. The van der Waals surface area contributed by atoms with Gasteiger partial charge in [-0.3, -0.25) is 4.79 Å². The first-order chi connectivity index (χ1) is 20.6. The van der Waals surface area contributed by atoms with Gasteiger partial charge in [-0.15, -0.1) is 0 Å². The Kier molecular flexibility index (Phi) is 10.1. The molecule has 216 valence electrons. The summed E-state index contributed by atoms with van der Waals surface area (Å²) in [5, 5.41) is 3.09. The second kappa shape index (κ2) is 14.5. The molecule has 1 atom stereocenters. The molecule has 0 aliphatic heterocycles. The first-order valence-electron chi connectivity index (χ1n) is 15.2. The van der Waals surface area contributed by atoms with Crippen molar-refractivity contribution in [3.05, 3.63) is 120 Å². The van der Waals surface area contributed by atoms with Crippen LogP contribution in [0.15, 0.2) is 103 Å². The summed E-state index contributed by atoms with van der Waals surface area (Å²) in [6, 6.07) is 35.3. The molecule has 0 saturated carbocycles. The second-order valence-electron chi connectivity index (χ2n) is 10.9. The fourth-order valence-electron chi connectivity index (χ4n) is 5.27. The third-order valence-corrected chi connectivity index (χ3v) is 7.91. The predicted molar refractivity (Wildman–Crippen MR) is 172 cm³/mol. The topological polar surface area (TPSA) is 56.1 Å². The Morgan fingerprint density at radius 1 is 0.857 bits per heavy atom. The summed E-state index contributed by atoms with van der Waals surface area (Å²) in [5.41, 5.74) is 6.87. The number of hydrogen-bond donors (Lipinski definition) is 1. The Balaban J connectivity index is 1.09. The van der Waals surface area contributed by atoms with Crippen LogP contribution in [0.25, 0.3) is 22.2 Å². The van der Waals surface area contributed by atoms with Crippen molar-refractivity contribution in [3.63, 3.8) is 0 Å². The minimum Gasteiger partial charge on any atom is -0.494 e. The quantitative estimate of drug-likeness (QED) is 0.140. The van der Waals surface area contributed by atoms with E-state index >= 15 is 0 Å². The lowest BCUT2D eigenvalue weighted by molar-refractivity contribution is -0.120. The van der Waals surface area contributed by atoms with Crippen LogP contribution in [0.3, 0.4) is 0 Å². The van der Waals surface area contributed by atoms with E-state index in [1.165, 1.54) is 11.1 Å². The largest absolute Gasteiger partial charge is 0.494 e. The van der Waals surface area contributed by atoms with Gasteiger partial charge in [-0.2, -0.15) is 0 Å². The van der Waals surface area contributed by atoms with Gasteiger partial charge < -0.3 is 14.6 Å². The van der Waals surface area contributed by atoms with Crippen LogP contribution >= 0.6 is 0 Å². The third-order valence-electron chi connectivity index (χ3n) is 7.91. The number of hydrogen-bond acceptors (Lipinski definition) is 3. The summed E-state index contributed by atoms with van der Waals surface area (Å²) in [6.45, 7) is 6.58. The molecule has 1 heterocycles. The highest BCUT2D eigenvalue weighted by molar-refractivity contribution is 5.79. The van der Waals surface area contributed by atoms with E-state index in [-0.39, 0.29) is 5.91 Å².